The number of aliphatic carboxylic acids is 1. The van der Waals surface area contributed by atoms with Crippen LogP contribution in [0.4, 0.5) is 0 Å². The van der Waals surface area contributed by atoms with Crippen LogP contribution in [0.2, 0.25) is 0 Å². The highest BCUT2D eigenvalue weighted by atomic mass is 16.7. The van der Waals surface area contributed by atoms with Crippen molar-refractivity contribution >= 4 is 23.9 Å². The van der Waals surface area contributed by atoms with Crippen molar-refractivity contribution in [2.45, 2.75) is 302 Å². The van der Waals surface area contributed by atoms with Crippen LogP contribution in [0.15, 0.2) is 97.2 Å². The number of carbonyl (C=O) groups excluding carboxylic acids is 3. The van der Waals surface area contributed by atoms with Gasteiger partial charge in [-0.2, -0.15) is 0 Å². The Morgan fingerprint density at radius 3 is 1.23 bits per heavy atom. The third-order valence-corrected chi connectivity index (χ3v) is 14.2. The Bertz CT molecular complexity index is 1780. The molecule has 81 heavy (non-hydrogen) atoms. The van der Waals surface area contributed by atoms with Crippen molar-refractivity contribution in [2.24, 2.45) is 0 Å². The number of allylic oxidation sites excluding steroid dienone is 16. The lowest BCUT2D eigenvalue weighted by molar-refractivity contribution is -0.301. The van der Waals surface area contributed by atoms with E-state index in [1.54, 1.807) is 0 Å². The summed E-state index contributed by atoms with van der Waals surface area (Å²) in [5, 5.41) is 31.5. The summed E-state index contributed by atoms with van der Waals surface area (Å²) in [6.07, 6.45) is 62.5. The van der Waals surface area contributed by atoms with E-state index in [-0.39, 0.29) is 25.9 Å². The van der Waals surface area contributed by atoms with Gasteiger partial charge in [0.05, 0.1) is 6.61 Å². The highest BCUT2D eigenvalue weighted by Crippen LogP contribution is 2.26. The van der Waals surface area contributed by atoms with Gasteiger partial charge in [0.1, 0.15) is 18.8 Å². The second-order valence-corrected chi connectivity index (χ2v) is 21.6. The number of esters is 3. The minimum atomic E-state index is -1.93. The molecular formula is C69H114O12. The van der Waals surface area contributed by atoms with Gasteiger partial charge < -0.3 is 39.0 Å². The van der Waals surface area contributed by atoms with Gasteiger partial charge in [0.2, 0.25) is 0 Å². The fraction of sp³-hybridized carbons (Fsp3) is 0.710. The number of aliphatic hydroxyl groups is 2. The molecular weight excluding hydrogens is 1020 g/mol. The van der Waals surface area contributed by atoms with E-state index in [9.17, 15) is 34.5 Å². The number of carbonyl (C=O) groups is 4. The molecule has 1 heterocycles. The van der Waals surface area contributed by atoms with Crippen LogP contribution in [0, 0.1) is 0 Å². The molecule has 12 nitrogen and oxygen atoms in total. The maximum Gasteiger partial charge on any atom is 0.335 e. The van der Waals surface area contributed by atoms with Crippen LogP contribution in [-0.2, 0) is 42.9 Å². The first kappa shape index (κ1) is 74.7. The number of hydrogen-bond donors (Lipinski definition) is 3. The van der Waals surface area contributed by atoms with Crippen molar-refractivity contribution in [3.05, 3.63) is 97.2 Å². The molecule has 1 saturated heterocycles. The zero-order chi connectivity index (χ0) is 58.9. The van der Waals surface area contributed by atoms with E-state index >= 15 is 0 Å². The topological polar surface area (TPSA) is 175 Å². The number of rotatable bonds is 54. The smallest absolute Gasteiger partial charge is 0.335 e. The van der Waals surface area contributed by atoms with E-state index in [4.69, 9.17) is 23.7 Å². The molecule has 1 aliphatic heterocycles. The van der Waals surface area contributed by atoms with Crippen LogP contribution in [0.1, 0.15) is 265 Å². The van der Waals surface area contributed by atoms with Crippen molar-refractivity contribution in [1.82, 2.24) is 0 Å². The number of carboxylic acids is 1. The molecule has 0 aliphatic carbocycles. The van der Waals surface area contributed by atoms with E-state index < -0.39 is 67.3 Å². The third kappa shape index (κ3) is 45.8. The Labute approximate surface area is 492 Å². The predicted molar refractivity (Wildman–Crippen MR) is 331 cm³/mol. The first-order valence-electron chi connectivity index (χ1n) is 32.2. The molecule has 1 fully saturated rings. The molecule has 1 aliphatic rings. The highest BCUT2D eigenvalue weighted by Gasteiger charge is 2.50. The normalized spacial score (nSPS) is 18.4. The molecule has 0 aromatic heterocycles. The lowest BCUT2D eigenvalue weighted by Crippen LogP contribution is -2.61. The van der Waals surface area contributed by atoms with E-state index in [2.05, 4.69) is 99.8 Å². The summed E-state index contributed by atoms with van der Waals surface area (Å²) < 4.78 is 28.4. The molecule has 12 heteroatoms. The molecule has 0 amide bonds. The number of aliphatic hydroxyl groups excluding tert-OH is 2. The minimum absolute atomic E-state index is 0.0645. The summed E-state index contributed by atoms with van der Waals surface area (Å²) in [5.41, 5.74) is 0. The van der Waals surface area contributed by atoms with E-state index in [0.717, 1.165) is 103 Å². The van der Waals surface area contributed by atoms with Gasteiger partial charge in [-0.3, -0.25) is 14.4 Å². The van der Waals surface area contributed by atoms with Gasteiger partial charge in [-0.05, 0) is 83.5 Å². The van der Waals surface area contributed by atoms with Crippen molar-refractivity contribution in [1.29, 1.82) is 0 Å². The first-order valence-corrected chi connectivity index (χ1v) is 32.2. The largest absolute Gasteiger partial charge is 0.479 e. The molecule has 1 rings (SSSR count). The maximum atomic E-state index is 13.2. The molecule has 0 radical (unpaired) electrons. The SMILES string of the molecule is CC/C=C\C/C=C\C/C=C\C/C=C\CCCCCCCCC(=O)OCC(COC1OC(C(=O)O)C(O)C(O)C1OC(=O)CC/C=C\C/C=C\C/C=C\C/C=C\CC)OC(=O)CCCCCCCCCCCCCCCCCCCCC. The highest BCUT2D eigenvalue weighted by molar-refractivity contribution is 5.74. The lowest BCUT2D eigenvalue weighted by Gasteiger charge is -2.40. The Hall–Kier alpha value is -4.36. The summed E-state index contributed by atoms with van der Waals surface area (Å²) in [7, 11) is 0. The molecule has 462 valence electrons. The van der Waals surface area contributed by atoms with Crippen LogP contribution in [0.3, 0.4) is 0 Å². The molecule has 6 unspecified atom stereocenters. The number of carboxylic acid groups (broad SMARTS) is 1. The summed E-state index contributed by atoms with van der Waals surface area (Å²) in [6, 6.07) is 0. The average Bonchev–Trinajstić information content (AvgIpc) is 3.46. The molecule has 0 spiro atoms. The van der Waals surface area contributed by atoms with Gasteiger partial charge >= 0.3 is 23.9 Å². The van der Waals surface area contributed by atoms with E-state index in [0.29, 0.717) is 25.7 Å². The Morgan fingerprint density at radius 1 is 0.420 bits per heavy atom. The minimum Gasteiger partial charge on any atom is -0.479 e. The average molecular weight is 1140 g/mol. The Kier molecular flexibility index (Phi) is 51.7. The molecule has 0 bridgehead atoms. The number of ether oxygens (including phenoxy) is 5. The van der Waals surface area contributed by atoms with Crippen LogP contribution in [0.5, 0.6) is 0 Å². The zero-order valence-electron chi connectivity index (χ0n) is 51.0. The fourth-order valence-electron chi connectivity index (χ4n) is 9.32. The number of hydrogen-bond acceptors (Lipinski definition) is 11. The molecule has 0 aromatic carbocycles. The Balaban J connectivity index is 2.68. The fourth-order valence-corrected chi connectivity index (χ4v) is 9.32. The number of unbranched alkanes of at least 4 members (excludes halogenated alkanes) is 24. The van der Waals surface area contributed by atoms with E-state index in [1.165, 1.54) is 96.3 Å². The van der Waals surface area contributed by atoms with Crippen molar-refractivity contribution in [3.8, 4) is 0 Å². The van der Waals surface area contributed by atoms with Gasteiger partial charge in [0.25, 0.3) is 0 Å². The third-order valence-electron chi connectivity index (χ3n) is 14.2. The van der Waals surface area contributed by atoms with Crippen molar-refractivity contribution < 1.29 is 58.2 Å². The van der Waals surface area contributed by atoms with Gasteiger partial charge in [-0.25, -0.2) is 4.79 Å². The van der Waals surface area contributed by atoms with Crippen LogP contribution < -0.4 is 0 Å². The summed E-state index contributed by atoms with van der Waals surface area (Å²) >= 11 is 0. The maximum absolute atomic E-state index is 13.2. The van der Waals surface area contributed by atoms with E-state index in [1.807, 2.05) is 18.2 Å². The second kappa shape index (κ2) is 56.1. The Morgan fingerprint density at radius 2 is 0.802 bits per heavy atom. The predicted octanol–water partition coefficient (Wildman–Crippen LogP) is 17.2. The summed E-state index contributed by atoms with van der Waals surface area (Å²) in [5.74, 6) is -3.24. The first-order chi connectivity index (χ1) is 39.6. The molecule has 0 saturated carbocycles. The van der Waals surface area contributed by atoms with Crippen LogP contribution >= 0.6 is 0 Å². The quantitative estimate of drug-likeness (QED) is 0.0228. The lowest BCUT2D eigenvalue weighted by atomic mass is 9.98. The molecule has 0 aromatic rings. The monoisotopic (exact) mass is 1130 g/mol. The standard InChI is InChI=1S/C69H114O12/c1-4-7-10-13-16-19-22-25-27-29-31-33-35-38-40-43-46-49-52-55-61(70)77-58-60(79-62(71)56-53-50-47-44-42-39-36-34-32-30-28-26-23-20-17-14-11-8-5-2)59-78-69-67(65(74)64(73)66(81-69)68(75)76)80-63(72)57-54-51-48-45-41-37-24-21-18-15-12-9-6-3/h7,9-10,12,16,18-19,21,25,27,31,33,37,41,48,51,60,64-67,69,73-74H,4-6,8,11,13-15,17,20,22-24,26,28-30,32,34-36,38-40,42-47,49-50,52-59H2,1-3H3,(H,75,76)/b10-7-,12-9-,19-16-,21-18-,27-25-,33-31-,41-37-,51-48-. The van der Waals surface area contributed by atoms with Crippen LogP contribution in [-0.4, -0.2) is 89.2 Å². The van der Waals surface area contributed by atoms with Crippen LogP contribution in [0.25, 0.3) is 0 Å². The summed E-state index contributed by atoms with van der Waals surface area (Å²) in [4.78, 5) is 51.3. The zero-order valence-corrected chi connectivity index (χ0v) is 51.0. The van der Waals surface area contributed by atoms with Gasteiger partial charge in [0.15, 0.2) is 24.6 Å². The molecule has 3 N–H and O–H groups in total. The van der Waals surface area contributed by atoms with Crippen molar-refractivity contribution in [2.75, 3.05) is 13.2 Å². The summed E-state index contributed by atoms with van der Waals surface area (Å²) in [6.45, 7) is 5.74. The second-order valence-electron chi connectivity index (χ2n) is 21.6. The van der Waals surface area contributed by atoms with Gasteiger partial charge in [-0.1, -0.05) is 259 Å². The van der Waals surface area contributed by atoms with Crippen molar-refractivity contribution in [3.63, 3.8) is 0 Å². The molecule has 6 atom stereocenters. The van der Waals surface area contributed by atoms with Gasteiger partial charge in [-0.15, -0.1) is 0 Å². The van der Waals surface area contributed by atoms with Gasteiger partial charge in [0, 0.05) is 19.3 Å².